The minimum atomic E-state index is -0.619. The number of aliphatic hydroxyl groups is 1. The molecule has 0 heterocycles. The van der Waals surface area contributed by atoms with E-state index in [4.69, 9.17) is 21.1 Å². The lowest BCUT2D eigenvalue weighted by Gasteiger charge is -2.16. The number of aliphatic hydroxyl groups excluding tert-OH is 1. The monoisotopic (exact) mass is 454 g/mol. The molecule has 0 saturated carbocycles. The largest absolute Gasteiger partial charge is 0.493 e. The first kappa shape index (κ1) is 23.6. The molecule has 7 heteroatoms. The van der Waals surface area contributed by atoms with Crippen LogP contribution in [0.4, 0.5) is 5.69 Å². The second-order valence-corrected chi connectivity index (χ2v) is 7.76. The first-order valence-corrected chi connectivity index (χ1v) is 10.6. The molecule has 0 aromatic heterocycles. The van der Waals surface area contributed by atoms with Gasteiger partial charge in [-0.1, -0.05) is 59.6 Å². The van der Waals surface area contributed by atoms with Crippen molar-refractivity contribution in [3.63, 3.8) is 0 Å². The van der Waals surface area contributed by atoms with Gasteiger partial charge in [0.25, 0.3) is 5.91 Å². The summed E-state index contributed by atoms with van der Waals surface area (Å²) in [5.74, 6) is 0.565. The van der Waals surface area contributed by atoms with Crippen molar-refractivity contribution < 1.29 is 19.4 Å². The summed E-state index contributed by atoms with van der Waals surface area (Å²) in [4.78, 5) is 12.2. The fourth-order valence-corrected chi connectivity index (χ4v) is 3.32. The van der Waals surface area contributed by atoms with Gasteiger partial charge in [0.1, 0.15) is 0 Å². The number of ether oxygens (including phenoxy) is 2. The van der Waals surface area contributed by atoms with Gasteiger partial charge in [-0.3, -0.25) is 4.79 Å². The first-order valence-electron chi connectivity index (χ1n) is 10.3. The lowest BCUT2D eigenvalue weighted by molar-refractivity contribution is -0.118. The van der Waals surface area contributed by atoms with Crippen LogP contribution < -0.4 is 20.1 Å². The topological polar surface area (TPSA) is 79.8 Å². The van der Waals surface area contributed by atoms with Crippen molar-refractivity contribution >= 4 is 23.2 Å². The Morgan fingerprint density at radius 1 is 1.06 bits per heavy atom. The third kappa shape index (κ3) is 6.72. The molecular formula is C25H27ClN2O4. The zero-order valence-electron chi connectivity index (χ0n) is 18.1. The van der Waals surface area contributed by atoms with E-state index in [2.05, 4.69) is 10.6 Å². The van der Waals surface area contributed by atoms with Crippen molar-refractivity contribution in [3.8, 4) is 11.5 Å². The molecule has 0 aliphatic rings. The molecule has 0 bridgehead atoms. The van der Waals surface area contributed by atoms with E-state index in [1.165, 1.54) is 7.11 Å². The Labute approximate surface area is 193 Å². The van der Waals surface area contributed by atoms with Gasteiger partial charge in [0.05, 0.1) is 13.2 Å². The van der Waals surface area contributed by atoms with Crippen molar-refractivity contribution in [2.75, 3.05) is 25.6 Å². The predicted octanol–water partition coefficient (Wildman–Crippen LogP) is 4.50. The Morgan fingerprint density at radius 2 is 1.78 bits per heavy atom. The smallest absolute Gasteiger partial charge is 0.262 e. The molecule has 6 nitrogen and oxygen atoms in total. The molecule has 1 atom stereocenters. The number of hydrogen-bond acceptors (Lipinski definition) is 5. The second-order valence-electron chi connectivity index (χ2n) is 7.35. The molecule has 0 fully saturated rings. The normalized spacial score (nSPS) is 11.6. The van der Waals surface area contributed by atoms with E-state index in [1.807, 2.05) is 61.5 Å². The Balaban J connectivity index is 1.55. The third-order valence-electron chi connectivity index (χ3n) is 4.86. The van der Waals surface area contributed by atoms with Crippen molar-refractivity contribution in [2.45, 2.75) is 19.6 Å². The van der Waals surface area contributed by atoms with Crippen LogP contribution in [0.25, 0.3) is 0 Å². The van der Waals surface area contributed by atoms with Gasteiger partial charge >= 0.3 is 0 Å². The van der Waals surface area contributed by atoms with Gasteiger partial charge < -0.3 is 25.2 Å². The molecular weight excluding hydrogens is 428 g/mol. The molecule has 0 spiro atoms. The molecule has 3 N–H and O–H groups in total. The highest BCUT2D eigenvalue weighted by atomic mass is 35.5. The maximum Gasteiger partial charge on any atom is 0.262 e. The van der Waals surface area contributed by atoms with Crippen LogP contribution in [0.2, 0.25) is 5.02 Å². The summed E-state index contributed by atoms with van der Waals surface area (Å²) in [6, 6.07) is 20.3. The van der Waals surface area contributed by atoms with Gasteiger partial charge in [-0.2, -0.15) is 0 Å². The number of carbonyl (C=O) groups is 1. The molecule has 0 radical (unpaired) electrons. The van der Waals surface area contributed by atoms with Crippen LogP contribution in [0.1, 0.15) is 22.8 Å². The predicted molar refractivity (Wildman–Crippen MR) is 126 cm³/mol. The second kappa shape index (κ2) is 11.5. The molecule has 0 saturated heterocycles. The summed E-state index contributed by atoms with van der Waals surface area (Å²) in [6.45, 7) is 2.62. The fourth-order valence-electron chi connectivity index (χ4n) is 3.10. The summed E-state index contributed by atoms with van der Waals surface area (Å²) in [6.07, 6.45) is -0.619. The lowest BCUT2D eigenvalue weighted by Crippen LogP contribution is -2.21. The maximum atomic E-state index is 12.2. The molecule has 0 aliphatic carbocycles. The summed E-state index contributed by atoms with van der Waals surface area (Å²) in [7, 11) is 1.53. The van der Waals surface area contributed by atoms with E-state index in [0.717, 1.165) is 16.7 Å². The van der Waals surface area contributed by atoms with Crippen molar-refractivity contribution in [2.24, 2.45) is 0 Å². The van der Waals surface area contributed by atoms with E-state index in [0.29, 0.717) is 35.3 Å². The minimum Gasteiger partial charge on any atom is -0.493 e. The van der Waals surface area contributed by atoms with Crippen LogP contribution in [0.3, 0.4) is 0 Å². The Kier molecular flexibility index (Phi) is 8.50. The Morgan fingerprint density at radius 3 is 2.47 bits per heavy atom. The van der Waals surface area contributed by atoms with Crippen LogP contribution in [-0.4, -0.2) is 31.3 Å². The van der Waals surface area contributed by atoms with Gasteiger partial charge in [-0.05, 0) is 36.2 Å². The lowest BCUT2D eigenvalue weighted by atomic mass is 10.1. The number of benzene rings is 3. The zero-order valence-corrected chi connectivity index (χ0v) is 18.9. The summed E-state index contributed by atoms with van der Waals surface area (Å²) >= 11 is 6.41. The number of rotatable bonds is 10. The molecule has 3 rings (SSSR count). The highest BCUT2D eigenvalue weighted by Gasteiger charge is 2.13. The number of aryl methyl sites for hydroxylation is 1. The average molecular weight is 455 g/mol. The van der Waals surface area contributed by atoms with Crippen LogP contribution in [0.5, 0.6) is 11.5 Å². The standard InChI is InChI=1S/C25H27ClN2O4/c1-17-8-10-20(11-9-17)28-25(30)16-32-24-13-21(26)19(12-23(24)31-2)14-27-15-22(29)18-6-4-3-5-7-18/h3-13,22,27,29H,14-16H2,1-2H3,(H,28,30). The molecule has 3 aromatic carbocycles. The quantitative estimate of drug-likeness (QED) is 0.420. The Bertz CT molecular complexity index is 1030. The maximum absolute atomic E-state index is 12.2. The SMILES string of the molecule is COc1cc(CNCC(O)c2ccccc2)c(Cl)cc1OCC(=O)Nc1ccc(C)cc1. The van der Waals surface area contributed by atoms with Gasteiger partial charge in [0, 0.05) is 29.9 Å². The molecule has 32 heavy (non-hydrogen) atoms. The van der Waals surface area contributed by atoms with Crippen molar-refractivity contribution in [1.82, 2.24) is 5.32 Å². The van der Waals surface area contributed by atoms with Crippen LogP contribution in [-0.2, 0) is 11.3 Å². The molecule has 3 aromatic rings. The molecule has 1 amide bonds. The molecule has 1 unspecified atom stereocenters. The van der Waals surface area contributed by atoms with Crippen LogP contribution >= 0.6 is 11.6 Å². The van der Waals surface area contributed by atoms with E-state index in [1.54, 1.807) is 12.1 Å². The zero-order chi connectivity index (χ0) is 22.9. The van der Waals surface area contributed by atoms with E-state index >= 15 is 0 Å². The summed E-state index contributed by atoms with van der Waals surface area (Å²) < 4.78 is 11.0. The van der Waals surface area contributed by atoms with Crippen LogP contribution in [0, 0.1) is 6.92 Å². The van der Waals surface area contributed by atoms with Gasteiger partial charge in [0.15, 0.2) is 18.1 Å². The van der Waals surface area contributed by atoms with E-state index in [-0.39, 0.29) is 12.5 Å². The van der Waals surface area contributed by atoms with Gasteiger partial charge in [0.2, 0.25) is 0 Å². The fraction of sp³-hybridized carbons (Fsp3) is 0.240. The number of methoxy groups -OCH3 is 1. The molecule has 0 aliphatic heterocycles. The number of halogens is 1. The minimum absolute atomic E-state index is 0.179. The van der Waals surface area contributed by atoms with E-state index in [9.17, 15) is 9.90 Å². The van der Waals surface area contributed by atoms with Gasteiger partial charge in [-0.25, -0.2) is 0 Å². The average Bonchev–Trinajstić information content (AvgIpc) is 2.80. The Hall–Kier alpha value is -3.06. The summed E-state index contributed by atoms with van der Waals surface area (Å²) in [5, 5.41) is 16.7. The highest BCUT2D eigenvalue weighted by molar-refractivity contribution is 6.31. The number of amides is 1. The van der Waals surface area contributed by atoms with Crippen molar-refractivity contribution in [1.29, 1.82) is 0 Å². The number of hydrogen-bond donors (Lipinski definition) is 3. The molecule has 168 valence electrons. The van der Waals surface area contributed by atoms with Crippen LogP contribution in [0.15, 0.2) is 66.7 Å². The van der Waals surface area contributed by atoms with Gasteiger partial charge in [-0.15, -0.1) is 0 Å². The van der Waals surface area contributed by atoms with E-state index < -0.39 is 6.10 Å². The number of anilines is 1. The summed E-state index contributed by atoms with van der Waals surface area (Å²) in [5.41, 5.74) is 3.45. The highest BCUT2D eigenvalue weighted by Crippen LogP contribution is 2.33. The number of carbonyl (C=O) groups excluding carboxylic acids is 1. The van der Waals surface area contributed by atoms with Crippen molar-refractivity contribution in [3.05, 3.63) is 88.4 Å². The first-order chi connectivity index (χ1) is 15.5. The third-order valence-corrected chi connectivity index (χ3v) is 5.22. The number of nitrogens with one attached hydrogen (secondary N) is 2.